The zero-order chi connectivity index (χ0) is 19.2. The number of hydrazone groups is 1. The summed E-state index contributed by atoms with van der Waals surface area (Å²) in [7, 11) is 0. The Morgan fingerprint density at radius 3 is 2.78 bits per heavy atom. The highest BCUT2D eigenvalue weighted by Gasteiger charge is 2.27. The van der Waals surface area contributed by atoms with E-state index in [9.17, 15) is 8.78 Å². The highest BCUT2D eigenvalue weighted by Crippen LogP contribution is 2.30. The molecule has 4 N–H and O–H groups in total. The minimum atomic E-state index is -0.554. The predicted molar refractivity (Wildman–Crippen MR) is 109 cm³/mol. The van der Waals surface area contributed by atoms with Crippen LogP contribution in [0, 0.1) is 11.6 Å². The number of anilines is 2. The van der Waals surface area contributed by atoms with Crippen LogP contribution in [0.25, 0.3) is 0 Å². The van der Waals surface area contributed by atoms with Crippen LogP contribution >= 0.6 is 12.2 Å². The van der Waals surface area contributed by atoms with Crippen LogP contribution in [0.5, 0.6) is 0 Å². The third-order valence-electron chi connectivity index (χ3n) is 4.45. The standard InChI is InChI=1S/C19H21F2N5S/c20-16-10-18(17(21)9-13(16)11-24-25-19(22)27)26-8-4-7-15(26)12-23-14-5-2-1-3-6-14/h1-3,5-6,9-11,15,23H,4,7-8,12H2,(H3,22,25,27)/t15-/m1/s1. The van der Waals surface area contributed by atoms with Gasteiger partial charge in [0.15, 0.2) is 5.11 Å². The smallest absolute Gasteiger partial charge is 0.184 e. The number of para-hydroxylation sites is 1. The van der Waals surface area contributed by atoms with Crippen molar-refractivity contribution in [2.75, 3.05) is 23.3 Å². The van der Waals surface area contributed by atoms with Crippen molar-refractivity contribution in [3.63, 3.8) is 0 Å². The summed E-state index contributed by atoms with van der Waals surface area (Å²) in [6.45, 7) is 1.35. The number of hydrogen-bond acceptors (Lipinski definition) is 4. The Kier molecular flexibility index (Phi) is 6.18. The Morgan fingerprint density at radius 1 is 1.26 bits per heavy atom. The minimum absolute atomic E-state index is 0.0261. The lowest BCUT2D eigenvalue weighted by Crippen LogP contribution is -2.35. The first-order valence-electron chi connectivity index (χ1n) is 8.67. The molecule has 1 aliphatic heterocycles. The molecule has 0 saturated carbocycles. The van der Waals surface area contributed by atoms with Crippen LogP contribution in [0.3, 0.4) is 0 Å². The molecule has 3 rings (SSSR count). The van der Waals surface area contributed by atoms with Gasteiger partial charge in [0.2, 0.25) is 0 Å². The summed E-state index contributed by atoms with van der Waals surface area (Å²) in [6, 6.07) is 12.3. The number of nitrogens with two attached hydrogens (primary N) is 1. The summed E-state index contributed by atoms with van der Waals surface area (Å²) in [5.74, 6) is -1.04. The van der Waals surface area contributed by atoms with Gasteiger partial charge in [-0.2, -0.15) is 5.10 Å². The predicted octanol–water partition coefficient (Wildman–Crippen LogP) is 3.21. The zero-order valence-electron chi connectivity index (χ0n) is 14.7. The summed E-state index contributed by atoms with van der Waals surface area (Å²) < 4.78 is 29.0. The van der Waals surface area contributed by atoms with E-state index in [1.54, 1.807) is 0 Å². The van der Waals surface area contributed by atoms with Gasteiger partial charge in [0.1, 0.15) is 11.6 Å². The van der Waals surface area contributed by atoms with Gasteiger partial charge in [-0.25, -0.2) is 8.78 Å². The normalized spacial score (nSPS) is 16.7. The van der Waals surface area contributed by atoms with Crippen LogP contribution in [-0.2, 0) is 0 Å². The SMILES string of the molecule is NC(=S)NN=Cc1cc(F)c(N2CCC[C@@H]2CNc2ccccc2)cc1F. The summed E-state index contributed by atoms with van der Waals surface area (Å²) in [5, 5.41) is 6.99. The van der Waals surface area contributed by atoms with Gasteiger partial charge in [0.05, 0.1) is 11.9 Å². The molecule has 5 nitrogen and oxygen atoms in total. The molecule has 27 heavy (non-hydrogen) atoms. The van der Waals surface area contributed by atoms with Crippen molar-refractivity contribution in [2.45, 2.75) is 18.9 Å². The first-order chi connectivity index (χ1) is 13.0. The lowest BCUT2D eigenvalue weighted by atomic mass is 10.1. The average molecular weight is 389 g/mol. The maximum atomic E-state index is 14.6. The monoisotopic (exact) mass is 389 g/mol. The highest BCUT2D eigenvalue weighted by atomic mass is 32.1. The fourth-order valence-corrected chi connectivity index (χ4v) is 3.25. The molecule has 1 aliphatic rings. The topological polar surface area (TPSA) is 65.7 Å². The van der Waals surface area contributed by atoms with E-state index >= 15 is 0 Å². The van der Waals surface area contributed by atoms with Crippen molar-refractivity contribution < 1.29 is 8.78 Å². The highest BCUT2D eigenvalue weighted by molar-refractivity contribution is 7.80. The molecule has 0 amide bonds. The maximum absolute atomic E-state index is 14.6. The molecule has 0 aliphatic carbocycles. The summed E-state index contributed by atoms with van der Waals surface area (Å²) in [4.78, 5) is 1.92. The molecule has 1 atom stereocenters. The molecule has 0 aromatic heterocycles. The Morgan fingerprint density at radius 2 is 2.04 bits per heavy atom. The van der Waals surface area contributed by atoms with Crippen molar-refractivity contribution in [3.8, 4) is 0 Å². The van der Waals surface area contributed by atoms with Crippen LogP contribution in [-0.4, -0.2) is 30.5 Å². The van der Waals surface area contributed by atoms with Crippen molar-refractivity contribution >= 4 is 34.9 Å². The number of benzene rings is 2. The van der Waals surface area contributed by atoms with Gasteiger partial charge in [0.25, 0.3) is 0 Å². The third-order valence-corrected chi connectivity index (χ3v) is 4.54. The fraction of sp³-hybridized carbons (Fsp3) is 0.263. The van der Waals surface area contributed by atoms with Gasteiger partial charge in [0, 0.05) is 36.4 Å². The Labute approximate surface area is 162 Å². The van der Waals surface area contributed by atoms with Crippen LogP contribution in [0.4, 0.5) is 20.2 Å². The second-order valence-electron chi connectivity index (χ2n) is 6.30. The van der Waals surface area contributed by atoms with Gasteiger partial charge in [-0.1, -0.05) is 18.2 Å². The van der Waals surface area contributed by atoms with Gasteiger partial charge in [-0.15, -0.1) is 0 Å². The molecule has 2 aromatic rings. The average Bonchev–Trinajstić information content (AvgIpc) is 3.11. The van der Waals surface area contributed by atoms with E-state index in [-0.39, 0.29) is 22.4 Å². The molecule has 8 heteroatoms. The molecule has 0 radical (unpaired) electrons. The number of rotatable bonds is 6. The van der Waals surface area contributed by atoms with Crippen molar-refractivity contribution in [1.29, 1.82) is 0 Å². The number of halogens is 2. The Balaban J connectivity index is 1.73. The zero-order valence-corrected chi connectivity index (χ0v) is 15.5. The summed E-state index contributed by atoms with van der Waals surface area (Å²) >= 11 is 4.61. The third kappa shape index (κ3) is 4.91. The van der Waals surface area contributed by atoms with E-state index < -0.39 is 11.6 Å². The number of hydrogen-bond donors (Lipinski definition) is 3. The number of thiocarbonyl (C=S) groups is 1. The summed E-state index contributed by atoms with van der Waals surface area (Å²) in [5.41, 5.74) is 8.87. The van der Waals surface area contributed by atoms with E-state index in [1.165, 1.54) is 6.07 Å². The van der Waals surface area contributed by atoms with Gasteiger partial charge < -0.3 is 16.0 Å². The molecule has 1 fully saturated rings. The van der Waals surface area contributed by atoms with Crippen molar-refractivity contribution in [1.82, 2.24) is 5.43 Å². The van der Waals surface area contributed by atoms with E-state index in [0.717, 1.165) is 30.8 Å². The first-order valence-corrected chi connectivity index (χ1v) is 9.08. The van der Waals surface area contributed by atoms with Crippen LogP contribution in [0.1, 0.15) is 18.4 Å². The second kappa shape index (κ2) is 8.77. The van der Waals surface area contributed by atoms with Crippen molar-refractivity contribution in [2.24, 2.45) is 10.8 Å². The largest absolute Gasteiger partial charge is 0.383 e. The Hall–Kier alpha value is -2.74. The fourth-order valence-electron chi connectivity index (χ4n) is 3.19. The molecule has 0 bridgehead atoms. The molecular formula is C19H21F2N5S. The van der Waals surface area contributed by atoms with Crippen LogP contribution < -0.4 is 21.4 Å². The van der Waals surface area contributed by atoms with E-state index in [0.29, 0.717) is 13.1 Å². The lowest BCUT2D eigenvalue weighted by Gasteiger charge is -2.28. The molecular weight excluding hydrogens is 368 g/mol. The molecule has 0 unspecified atom stereocenters. The van der Waals surface area contributed by atoms with Crippen molar-refractivity contribution in [3.05, 3.63) is 59.7 Å². The molecule has 2 aromatic carbocycles. The van der Waals surface area contributed by atoms with E-state index in [1.807, 2.05) is 35.2 Å². The summed E-state index contributed by atoms with van der Waals surface area (Å²) in [6.07, 6.45) is 3.00. The van der Waals surface area contributed by atoms with E-state index in [4.69, 9.17) is 5.73 Å². The number of nitrogens with zero attached hydrogens (tertiary/aromatic N) is 2. The molecule has 1 heterocycles. The number of nitrogens with one attached hydrogen (secondary N) is 2. The first kappa shape index (κ1) is 19.0. The van der Waals surface area contributed by atoms with Gasteiger partial charge in [-0.05, 0) is 43.3 Å². The molecule has 1 saturated heterocycles. The molecule has 0 spiro atoms. The van der Waals surface area contributed by atoms with E-state index in [2.05, 4.69) is 28.1 Å². The minimum Gasteiger partial charge on any atom is -0.383 e. The maximum Gasteiger partial charge on any atom is 0.184 e. The van der Waals surface area contributed by atoms with Crippen LogP contribution in [0.2, 0.25) is 0 Å². The Bertz CT molecular complexity index is 828. The second-order valence-corrected chi connectivity index (χ2v) is 6.74. The molecule has 142 valence electrons. The quantitative estimate of drug-likeness (QED) is 0.402. The van der Waals surface area contributed by atoms with Gasteiger partial charge in [-0.3, -0.25) is 5.43 Å². The van der Waals surface area contributed by atoms with Crippen LogP contribution in [0.15, 0.2) is 47.6 Å². The van der Waals surface area contributed by atoms with Gasteiger partial charge >= 0.3 is 0 Å². The lowest BCUT2D eigenvalue weighted by molar-refractivity contribution is 0.586.